The molecule has 0 bridgehead atoms. The molecule has 2 fully saturated rings. The standard InChI is InChI=1S/C27H46O3/c1-7-27(30,8-2)16-11-13-22-14-17-26(6,25(22,4)5)15-10-9-12-21-18-23(28)19-24(29)20(21)3/h9-10,12,22-24,28-30H,3,7-8,11,13-19H2,1-2,4-6H3/b10-9+,21-12+. The highest BCUT2D eigenvalue weighted by Crippen LogP contribution is 2.59. The Balaban J connectivity index is 1.94. The van der Waals surface area contributed by atoms with Gasteiger partial charge in [0.1, 0.15) is 0 Å². The largest absolute Gasteiger partial charge is 0.393 e. The Hall–Kier alpha value is -0.900. The van der Waals surface area contributed by atoms with Gasteiger partial charge in [0.25, 0.3) is 0 Å². The third-order valence-electron chi connectivity index (χ3n) is 8.90. The van der Waals surface area contributed by atoms with E-state index in [9.17, 15) is 15.3 Å². The Labute approximate surface area is 185 Å². The molecule has 0 aromatic carbocycles. The summed E-state index contributed by atoms with van der Waals surface area (Å²) in [6, 6.07) is 0. The molecule has 0 radical (unpaired) electrons. The maximum absolute atomic E-state index is 10.6. The van der Waals surface area contributed by atoms with Crippen LogP contribution in [0.25, 0.3) is 0 Å². The van der Waals surface area contributed by atoms with Gasteiger partial charge in [0.2, 0.25) is 0 Å². The molecule has 0 spiro atoms. The summed E-state index contributed by atoms with van der Waals surface area (Å²) in [5, 5.41) is 30.5. The second kappa shape index (κ2) is 10.1. The maximum Gasteiger partial charge on any atom is 0.0811 e. The molecule has 30 heavy (non-hydrogen) atoms. The number of hydrogen-bond acceptors (Lipinski definition) is 3. The van der Waals surface area contributed by atoms with Gasteiger partial charge in [-0.1, -0.05) is 65.8 Å². The summed E-state index contributed by atoms with van der Waals surface area (Å²) in [6.07, 6.45) is 14.7. The first-order valence-electron chi connectivity index (χ1n) is 12.1. The third-order valence-corrected chi connectivity index (χ3v) is 8.90. The number of aliphatic hydroxyl groups is 3. The summed E-state index contributed by atoms with van der Waals surface area (Å²) in [5.41, 5.74) is 1.76. The Kier molecular flexibility index (Phi) is 8.58. The van der Waals surface area contributed by atoms with E-state index in [1.807, 2.05) is 6.08 Å². The normalized spacial score (nSPS) is 33.7. The van der Waals surface area contributed by atoms with Gasteiger partial charge in [0, 0.05) is 6.42 Å². The van der Waals surface area contributed by atoms with E-state index in [1.54, 1.807) is 0 Å². The van der Waals surface area contributed by atoms with Crippen LogP contribution < -0.4 is 0 Å². The van der Waals surface area contributed by atoms with Crippen LogP contribution in [0, 0.1) is 16.7 Å². The van der Waals surface area contributed by atoms with Crippen LogP contribution in [-0.4, -0.2) is 33.1 Å². The van der Waals surface area contributed by atoms with Crippen LogP contribution in [0.2, 0.25) is 0 Å². The predicted octanol–water partition coefficient (Wildman–Crippen LogP) is 6.09. The first-order valence-corrected chi connectivity index (χ1v) is 12.1. The fourth-order valence-corrected chi connectivity index (χ4v) is 5.59. The lowest BCUT2D eigenvalue weighted by molar-refractivity contribution is 0.0166. The van der Waals surface area contributed by atoms with E-state index in [0.29, 0.717) is 18.8 Å². The van der Waals surface area contributed by atoms with Crippen molar-refractivity contribution in [3.8, 4) is 0 Å². The zero-order valence-corrected chi connectivity index (χ0v) is 20.1. The van der Waals surface area contributed by atoms with Gasteiger partial charge >= 0.3 is 0 Å². The maximum atomic E-state index is 10.6. The molecule has 0 aromatic heterocycles. The monoisotopic (exact) mass is 418 g/mol. The highest BCUT2D eigenvalue weighted by atomic mass is 16.3. The SMILES string of the molecule is C=C1/C(=C/C=C/CC2(C)CCC(CCCC(O)(CC)CC)C2(C)C)CC(O)CC1O. The van der Waals surface area contributed by atoms with Crippen LogP contribution in [0.5, 0.6) is 0 Å². The Morgan fingerprint density at radius 3 is 2.47 bits per heavy atom. The third kappa shape index (κ3) is 5.66. The van der Waals surface area contributed by atoms with Crippen molar-refractivity contribution in [3.63, 3.8) is 0 Å². The molecule has 2 rings (SSSR count). The van der Waals surface area contributed by atoms with Crippen molar-refractivity contribution in [1.82, 2.24) is 0 Å². The van der Waals surface area contributed by atoms with Crippen LogP contribution in [0.4, 0.5) is 0 Å². The minimum atomic E-state index is -0.626. The van der Waals surface area contributed by atoms with Crippen LogP contribution in [0.3, 0.4) is 0 Å². The molecule has 3 nitrogen and oxygen atoms in total. The lowest BCUT2D eigenvalue weighted by Crippen LogP contribution is -2.34. The minimum absolute atomic E-state index is 0.265. The van der Waals surface area contributed by atoms with E-state index in [-0.39, 0.29) is 10.8 Å². The first kappa shape index (κ1) is 25.4. The first-order chi connectivity index (χ1) is 14.0. The lowest BCUT2D eigenvalue weighted by Gasteiger charge is -2.42. The number of hydrogen-bond donors (Lipinski definition) is 3. The summed E-state index contributed by atoms with van der Waals surface area (Å²) in [6.45, 7) is 15.4. The molecule has 2 saturated carbocycles. The van der Waals surface area contributed by atoms with Crippen LogP contribution in [-0.2, 0) is 0 Å². The molecular formula is C27H46O3. The molecule has 0 aliphatic heterocycles. The van der Waals surface area contributed by atoms with Gasteiger partial charge in [-0.2, -0.15) is 0 Å². The molecule has 3 N–H and O–H groups in total. The van der Waals surface area contributed by atoms with Gasteiger partial charge in [0.15, 0.2) is 0 Å². The molecule has 0 aromatic rings. The van der Waals surface area contributed by atoms with Gasteiger partial charge in [-0.25, -0.2) is 0 Å². The van der Waals surface area contributed by atoms with E-state index in [1.165, 1.54) is 19.3 Å². The molecule has 0 amide bonds. The molecule has 4 atom stereocenters. The van der Waals surface area contributed by atoms with Gasteiger partial charge in [-0.15, -0.1) is 0 Å². The van der Waals surface area contributed by atoms with Crippen LogP contribution >= 0.6 is 0 Å². The number of allylic oxidation sites excluding steroid dienone is 3. The van der Waals surface area contributed by atoms with E-state index >= 15 is 0 Å². The highest BCUT2D eigenvalue weighted by molar-refractivity contribution is 5.37. The molecule has 2 aliphatic rings. The fraction of sp³-hybridized carbons (Fsp3) is 0.778. The summed E-state index contributed by atoms with van der Waals surface area (Å²) in [5.74, 6) is 0.704. The summed E-state index contributed by atoms with van der Waals surface area (Å²) >= 11 is 0. The average Bonchev–Trinajstić information content (AvgIpc) is 2.92. The molecule has 2 aliphatic carbocycles. The zero-order chi connectivity index (χ0) is 22.6. The molecule has 3 heteroatoms. The van der Waals surface area contributed by atoms with Crippen molar-refractivity contribution in [2.45, 2.75) is 117 Å². The van der Waals surface area contributed by atoms with E-state index in [0.717, 1.165) is 43.3 Å². The molecule has 4 unspecified atom stereocenters. The lowest BCUT2D eigenvalue weighted by atomic mass is 9.63. The molecule has 172 valence electrons. The molecular weight excluding hydrogens is 372 g/mol. The average molecular weight is 419 g/mol. The highest BCUT2D eigenvalue weighted by Gasteiger charge is 2.50. The summed E-state index contributed by atoms with van der Waals surface area (Å²) in [4.78, 5) is 0. The number of rotatable bonds is 9. The van der Waals surface area contributed by atoms with Crippen molar-refractivity contribution in [2.24, 2.45) is 16.7 Å². The molecule has 0 heterocycles. The van der Waals surface area contributed by atoms with Crippen molar-refractivity contribution >= 4 is 0 Å². The second-order valence-corrected chi connectivity index (χ2v) is 10.8. The topological polar surface area (TPSA) is 60.7 Å². The van der Waals surface area contributed by atoms with Crippen molar-refractivity contribution in [3.05, 3.63) is 36.0 Å². The Morgan fingerprint density at radius 2 is 1.83 bits per heavy atom. The number of aliphatic hydroxyl groups excluding tert-OH is 2. The summed E-state index contributed by atoms with van der Waals surface area (Å²) in [7, 11) is 0. The predicted molar refractivity (Wildman–Crippen MR) is 126 cm³/mol. The zero-order valence-electron chi connectivity index (χ0n) is 20.1. The Morgan fingerprint density at radius 1 is 1.17 bits per heavy atom. The van der Waals surface area contributed by atoms with Gasteiger partial charge < -0.3 is 15.3 Å². The van der Waals surface area contributed by atoms with Gasteiger partial charge in [-0.3, -0.25) is 0 Å². The summed E-state index contributed by atoms with van der Waals surface area (Å²) < 4.78 is 0. The minimum Gasteiger partial charge on any atom is -0.393 e. The van der Waals surface area contributed by atoms with E-state index in [2.05, 4.69) is 53.3 Å². The van der Waals surface area contributed by atoms with Crippen molar-refractivity contribution < 1.29 is 15.3 Å². The van der Waals surface area contributed by atoms with E-state index in [4.69, 9.17) is 0 Å². The molecule has 0 saturated heterocycles. The van der Waals surface area contributed by atoms with Crippen LogP contribution in [0.15, 0.2) is 36.0 Å². The van der Waals surface area contributed by atoms with Crippen molar-refractivity contribution in [1.29, 1.82) is 0 Å². The quantitative estimate of drug-likeness (QED) is 0.424. The Bertz CT molecular complexity index is 640. The van der Waals surface area contributed by atoms with Crippen LogP contribution in [0.1, 0.15) is 98.8 Å². The second-order valence-electron chi connectivity index (χ2n) is 10.8. The van der Waals surface area contributed by atoms with Gasteiger partial charge in [0.05, 0.1) is 17.8 Å². The fourth-order valence-electron chi connectivity index (χ4n) is 5.59. The van der Waals surface area contributed by atoms with E-state index < -0.39 is 17.8 Å². The smallest absolute Gasteiger partial charge is 0.0811 e. The van der Waals surface area contributed by atoms with Crippen molar-refractivity contribution in [2.75, 3.05) is 0 Å². The van der Waals surface area contributed by atoms with Gasteiger partial charge in [-0.05, 0) is 79.3 Å².